The second-order valence-electron chi connectivity index (χ2n) is 4.14. The monoisotopic (exact) mass is 223 g/mol. The zero-order valence-electron chi connectivity index (χ0n) is 10.7. The van der Waals surface area contributed by atoms with Crippen LogP contribution < -0.4 is 10.2 Å². The summed E-state index contributed by atoms with van der Waals surface area (Å²) in [7, 11) is 5.69. The van der Waals surface area contributed by atoms with Crippen molar-refractivity contribution in [2.45, 2.75) is 26.0 Å². The van der Waals surface area contributed by atoms with Crippen molar-refractivity contribution in [2.24, 2.45) is 0 Å². The quantitative estimate of drug-likeness (QED) is 0.828. The number of aromatic nitrogens is 1. The fraction of sp³-hybridized carbons (Fsp3) is 0.583. The lowest BCUT2D eigenvalue weighted by atomic mass is 10.2. The third kappa shape index (κ3) is 3.10. The number of pyridine rings is 1. The standard InChI is InChI=1S/C12H21N3O/c1-9(10(2)16-5)14-11-7-6-8-13-12(11)15(3)4/h6-10,14H,1-5H3. The molecule has 0 aliphatic rings. The third-order valence-corrected chi connectivity index (χ3v) is 2.67. The maximum atomic E-state index is 5.29. The van der Waals surface area contributed by atoms with Crippen LogP contribution in [0.15, 0.2) is 18.3 Å². The van der Waals surface area contributed by atoms with E-state index < -0.39 is 0 Å². The zero-order chi connectivity index (χ0) is 12.1. The van der Waals surface area contributed by atoms with Gasteiger partial charge in [-0.2, -0.15) is 0 Å². The van der Waals surface area contributed by atoms with E-state index in [1.54, 1.807) is 13.3 Å². The van der Waals surface area contributed by atoms with Gasteiger partial charge in [-0.1, -0.05) is 0 Å². The molecule has 2 unspecified atom stereocenters. The van der Waals surface area contributed by atoms with Crippen LogP contribution in [0.25, 0.3) is 0 Å². The van der Waals surface area contributed by atoms with Crippen LogP contribution in [0.3, 0.4) is 0 Å². The Labute approximate surface area is 97.6 Å². The van der Waals surface area contributed by atoms with Crippen LogP contribution >= 0.6 is 0 Å². The molecule has 0 aliphatic heterocycles. The van der Waals surface area contributed by atoms with E-state index in [4.69, 9.17) is 4.74 Å². The molecule has 1 aromatic rings. The van der Waals surface area contributed by atoms with Gasteiger partial charge in [0, 0.05) is 33.4 Å². The van der Waals surface area contributed by atoms with E-state index in [-0.39, 0.29) is 12.1 Å². The summed E-state index contributed by atoms with van der Waals surface area (Å²) in [6.07, 6.45) is 1.96. The number of rotatable bonds is 5. The highest BCUT2D eigenvalue weighted by Crippen LogP contribution is 2.21. The molecule has 90 valence electrons. The minimum Gasteiger partial charge on any atom is -0.380 e. The van der Waals surface area contributed by atoms with E-state index in [1.165, 1.54) is 0 Å². The zero-order valence-corrected chi connectivity index (χ0v) is 10.7. The second kappa shape index (κ2) is 5.70. The van der Waals surface area contributed by atoms with Crippen LogP contribution in [0, 0.1) is 0 Å². The van der Waals surface area contributed by atoms with Crippen molar-refractivity contribution in [1.29, 1.82) is 0 Å². The normalized spacial score (nSPS) is 14.3. The molecule has 1 rings (SSSR count). The third-order valence-electron chi connectivity index (χ3n) is 2.67. The molecule has 4 nitrogen and oxygen atoms in total. The number of nitrogens with zero attached hydrogens (tertiary/aromatic N) is 2. The highest BCUT2D eigenvalue weighted by atomic mass is 16.5. The molecule has 1 heterocycles. The van der Waals surface area contributed by atoms with Crippen molar-refractivity contribution < 1.29 is 4.74 Å². The average Bonchev–Trinajstić information content (AvgIpc) is 2.28. The van der Waals surface area contributed by atoms with Crippen LogP contribution in [0.1, 0.15) is 13.8 Å². The Bertz CT molecular complexity index is 328. The number of nitrogens with one attached hydrogen (secondary N) is 1. The maximum absolute atomic E-state index is 5.29. The van der Waals surface area contributed by atoms with E-state index in [0.717, 1.165) is 11.5 Å². The first-order valence-electron chi connectivity index (χ1n) is 5.48. The lowest BCUT2D eigenvalue weighted by Gasteiger charge is -2.24. The minimum absolute atomic E-state index is 0.162. The van der Waals surface area contributed by atoms with Crippen molar-refractivity contribution in [1.82, 2.24) is 4.98 Å². The summed E-state index contributed by atoms with van der Waals surface area (Å²) >= 11 is 0. The number of hydrogen-bond acceptors (Lipinski definition) is 4. The molecule has 0 aliphatic carbocycles. The highest BCUT2D eigenvalue weighted by molar-refractivity contribution is 5.65. The van der Waals surface area contributed by atoms with Crippen molar-refractivity contribution in [2.75, 3.05) is 31.4 Å². The number of methoxy groups -OCH3 is 1. The van der Waals surface area contributed by atoms with Gasteiger partial charge in [-0.05, 0) is 26.0 Å². The van der Waals surface area contributed by atoms with Gasteiger partial charge in [0.1, 0.15) is 0 Å². The van der Waals surface area contributed by atoms with E-state index in [9.17, 15) is 0 Å². The van der Waals surface area contributed by atoms with Gasteiger partial charge in [0.15, 0.2) is 5.82 Å². The van der Waals surface area contributed by atoms with Gasteiger partial charge in [0.2, 0.25) is 0 Å². The molecule has 0 fully saturated rings. The van der Waals surface area contributed by atoms with Gasteiger partial charge in [-0.25, -0.2) is 4.98 Å². The highest BCUT2D eigenvalue weighted by Gasteiger charge is 2.13. The van der Waals surface area contributed by atoms with E-state index in [0.29, 0.717) is 0 Å². The molecule has 0 aromatic carbocycles. The van der Waals surface area contributed by atoms with Gasteiger partial charge in [0.25, 0.3) is 0 Å². The molecular formula is C12H21N3O. The molecule has 0 spiro atoms. The fourth-order valence-electron chi connectivity index (χ4n) is 1.43. The molecule has 2 atom stereocenters. The van der Waals surface area contributed by atoms with Crippen molar-refractivity contribution in [3.8, 4) is 0 Å². The van der Waals surface area contributed by atoms with Crippen LogP contribution in [-0.2, 0) is 4.74 Å². The topological polar surface area (TPSA) is 37.4 Å². The van der Waals surface area contributed by atoms with E-state index in [2.05, 4.69) is 17.2 Å². The Hall–Kier alpha value is -1.29. The maximum Gasteiger partial charge on any atom is 0.151 e. The summed E-state index contributed by atoms with van der Waals surface area (Å²) in [6, 6.07) is 4.20. The smallest absolute Gasteiger partial charge is 0.151 e. The van der Waals surface area contributed by atoms with Crippen molar-refractivity contribution in [3.63, 3.8) is 0 Å². The molecule has 0 radical (unpaired) electrons. The molecule has 1 aromatic heterocycles. The lowest BCUT2D eigenvalue weighted by molar-refractivity contribution is 0.106. The SMILES string of the molecule is COC(C)C(C)Nc1cccnc1N(C)C. The summed E-state index contributed by atoms with van der Waals surface area (Å²) in [5.41, 5.74) is 1.03. The molecule has 16 heavy (non-hydrogen) atoms. The van der Waals surface area contributed by atoms with Gasteiger partial charge in [0.05, 0.1) is 11.8 Å². The first kappa shape index (κ1) is 12.8. The van der Waals surface area contributed by atoms with Crippen LogP contribution in [0.2, 0.25) is 0 Å². The van der Waals surface area contributed by atoms with E-state index >= 15 is 0 Å². The fourth-order valence-corrected chi connectivity index (χ4v) is 1.43. The van der Waals surface area contributed by atoms with Crippen LogP contribution in [-0.4, -0.2) is 38.3 Å². The molecule has 1 N–H and O–H groups in total. The van der Waals surface area contributed by atoms with Crippen LogP contribution in [0.4, 0.5) is 11.5 Å². The Morgan fingerprint density at radius 1 is 1.38 bits per heavy atom. The van der Waals surface area contributed by atoms with Crippen molar-refractivity contribution >= 4 is 11.5 Å². The van der Waals surface area contributed by atoms with Gasteiger partial charge >= 0.3 is 0 Å². The summed E-state index contributed by atoms with van der Waals surface area (Å²) in [6.45, 7) is 4.14. The Morgan fingerprint density at radius 2 is 2.06 bits per heavy atom. The second-order valence-corrected chi connectivity index (χ2v) is 4.14. The van der Waals surface area contributed by atoms with Gasteiger partial charge in [-0.15, -0.1) is 0 Å². The minimum atomic E-state index is 0.162. The molecule has 0 bridgehead atoms. The predicted octanol–water partition coefficient (Wildman–Crippen LogP) is 1.98. The average molecular weight is 223 g/mol. The molecule has 4 heteroatoms. The summed E-state index contributed by atoms with van der Waals surface area (Å²) in [5.74, 6) is 0.942. The predicted molar refractivity (Wildman–Crippen MR) is 68.1 cm³/mol. The first-order chi connectivity index (χ1) is 7.56. The summed E-state index contributed by atoms with van der Waals surface area (Å²) < 4.78 is 5.29. The van der Waals surface area contributed by atoms with E-state index in [1.807, 2.05) is 38.1 Å². The number of anilines is 2. The van der Waals surface area contributed by atoms with Crippen LogP contribution in [0.5, 0.6) is 0 Å². The molecule has 0 amide bonds. The summed E-state index contributed by atoms with van der Waals surface area (Å²) in [5, 5.41) is 3.41. The number of ether oxygens (including phenoxy) is 1. The first-order valence-corrected chi connectivity index (χ1v) is 5.48. The molecule has 0 saturated heterocycles. The Morgan fingerprint density at radius 3 is 2.62 bits per heavy atom. The Balaban J connectivity index is 2.80. The number of hydrogen-bond donors (Lipinski definition) is 1. The Kier molecular flexibility index (Phi) is 4.55. The largest absolute Gasteiger partial charge is 0.380 e. The molecule has 0 saturated carbocycles. The van der Waals surface area contributed by atoms with Gasteiger partial charge < -0.3 is 15.0 Å². The lowest BCUT2D eigenvalue weighted by Crippen LogP contribution is -2.30. The van der Waals surface area contributed by atoms with Gasteiger partial charge in [-0.3, -0.25) is 0 Å². The molecular weight excluding hydrogens is 202 g/mol. The summed E-state index contributed by atoms with van der Waals surface area (Å²) in [4.78, 5) is 6.33. The van der Waals surface area contributed by atoms with Crippen molar-refractivity contribution in [3.05, 3.63) is 18.3 Å².